The number of hydrogen-bond donors (Lipinski definition) is 2. The Hall–Kier alpha value is -1.97. The quantitative estimate of drug-likeness (QED) is 0.625. The number of benzene rings is 1. The van der Waals surface area contributed by atoms with E-state index in [1.165, 1.54) is 0 Å². The average Bonchev–Trinajstić information content (AvgIpc) is 2.37. The number of rotatable bonds is 4. The summed E-state index contributed by atoms with van der Waals surface area (Å²) >= 11 is 0. The highest BCUT2D eigenvalue weighted by atomic mass is 32.2. The Morgan fingerprint density at radius 3 is 2.48 bits per heavy atom. The molecule has 0 radical (unpaired) electrons. The van der Waals surface area contributed by atoms with Crippen LogP contribution in [0.15, 0.2) is 24.3 Å². The summed E-state index contributed by atoms with van der Waals surface area (Å²) in [7, 11) is -2.06. The topological polar surface area (TPSA) is 125 Å². The first-order valence-electron chi connectivity index (χ1n) is 5.87. The molecular formula is C12H17N3O5S. The summed E-state index contributed by atoms with van der Waals surface area (Å²) in [4.78, 5) is 8.30. The maximum atomic E-state index is 9.19. The molecule has 0 fully saturated rings. The van der Waals surface area contributed by atoms with E-state index >= 15 is 0 Å². The molecule has 21 heavy (non-hydrogen) atoms. The van der Waals surface area contributed by atoms with E-state index in [-0.39, 0.29) is 6.01 Å². The maximum Gasteiger partial charge on any atom is 0.319 e. The van der Waals surface area contributed by atoms with Crippen molar-refractivity contribution in [2.24, 2.45) is 0 Å². The van der Waals surface area contributed by atoms with E-state index in [0.29, 0.717) is 25.3 Å². The molecule has 0 unspecified atom stereocenters. The highest BCUT2D eigenvalue weighted by Crippen LogP contribution is 2.19. The average molecular weight is 315 g/mol. The lowest BCUT2D eigenvalue weighted by Gasteiger charge is -2.06. The Kier molecular flexibility index (Phi) is 6.28. The molecule has 0 saturated heterocycles. The van der Waals surface area contributed by atoms with Crippen LogP contribution in [0.3, 0.4) is 0 Å². The molecule has 0 atom stereocenters. The van der Waals surface area contributed by atoms with Crippen molar-refractivity contribution in [1.82, 2.24) is 9.97 Å². The lowest BCUT2D eigenvalue weighted by Crippen LogP contribution is -2.07. The number of ether oxygens (including phenoxy) is 2. The largest absolute Gasteiger partial charge is 0.461 e. The van der Waals surface area contributed by atoms with E-state index in [1.54, 1.807) is 7.11 Å². The fourth-order valence-corrected chi connectivity index (χ4v) is 1.36. The van der Waals surface area contributed by atoms with Gasteiger partial charge in [-0.1, -0.05) is 12.1 Å². The second kappa shape index (κ2) is 7.72. The van der Waals surface area contributed by atoms with Crippen LogP contribution < -0.4 is 10.5 Å². The van der Waals surface area contributed by atoms with Crippen LogP contribution >= 0.6 is 0 Å². The van der Waals surface area contributed by atoms with Crippen molar-refractivity contribution >= 4 is 26.8 Å². The molecule has 0 saturated carbocycles. The van der Waals surface area contributed by atoms with Crippen LogP contribution in [0, 0.1) is 0 Å². The van der Waals surface area contributed by atoms with Crippen molar-refractivity contribution in [1.29, 1.82) is 0 Å². The smallest absolute Gasteiger partial charge is 0.319 e. The predicted octanol–water partition coefficient (Wildman–Crippen LogP) is 0.741. The van der Waals surface area contributed by atoms with Gasteiger partial charge >= 0.3 is 6.01 Å². The summed E-state index contributed by atoms with van der Waals surface area (Å²) in [5.41, 5.74) is 6.58. The van der Waals surface area contributed by atoms with Gasteiger partial charge in [0.05, 0.1) is 18.4 Å². The number of fused-ring (bicyclic) bond motifs is 1. The molecule has 2 rings (SSSR count). The monoisotopic (exact) mass is 315 g/mol. The number of nitrogens with zero attached hydrogens (tertiary/aromatic N) is 2. The molecule has 0 aliphatic heterocycles. The first kappa shape index (κ1) is 17.1. The minimum absolute atomic E-state index is 0.285. The number of nitrogens with two attached hydrogens (primary N) is 1. The summed E-state index contributed by atoms with van der Waals surface area (Å²) < 4.78 is 36.0. The van der Waals surface area contributed by atoms with Crippen molar-refractivity contribution in [2.45, 2.75) is 0 Å². The van der Waals surface area contributed by atoms with Crippen molar-refractivity contribution in [3.8, 4) is 6.01 Å². The van der Waals surface area contributed by atoms with Gasteiger partial charge in [0.2, 0.25) is 0 Å². The van der Waals surface area contributed by atoms with Crippen LogP contribution in [0.5, 0.6) is 6.01 Å². The number of hydrogen-bond acceptors (Lipinski definition) is 7. The van der Waals surface area contributed by atoms with Crippen molar-refractivity contribution in [3.05, 3.63) is 24.3 Å². The molecule has 8 nitrogen and oxygen atoms in total. The third kappa shape index (κ3) is 6.84. The number of aromatic nitrogens is 2. The second-order valence-electron chi connectivity index (χ2n) is 3.98. The van der Waals surface area contributed by atoms with Crippen LogP contribution in [0.4, 0.5) is 5.82 Å². The maximum absolute atomic E-state index is 9.19. The fourth-order valence-electron chi connectivity index (χ4n) is 1.36. The van der Waals surface area contributed by atoms with Gasteiger partial charge in [0.15, 0.2) is 0 Å². The van der Waals surface area contributed by atoms with Crippen LogP contribution in [0.25, 0.3) is 10.9 Å². The minimum atomic E-state index is -3.67. The number of nitrogen functional groups attached to an aromatic ring is 1. The molecule has 0 aliphatic rings. The molecule has 0 bridgehead atoms. The zero-order valence-electron chi connectivity index (χ0n) is 11.7. The molecule has 3 N–H and O–H groups in total. The first-order valence-corrected chi connectivity index (χ1v) is 7.72. The highest BCUT2D eigenvalue weighted by molar-refractivity contribution is 7.85. The third-order valence-electron chi connectivity index (χ3n) is 2.13. The van der Waals surface area contributed by atoms with E-state index in [4.69, 9.17) is 19.8 Å². The van der Waals surface area contributed by atoms with Gasteiger partial charge < -0.3 is 15.2 Å². The molecule has 116 valence electrons. The molecular weight excluding hydrogens is 298 g/mol. The second-order valence-corrected chi connectivity index (χ2v) is 5.45. The van der Waals surface area contributed by atoms with E-state index in [1.807, 2.05) is 24.3 Å². The van der Waals surface area contributed by atoms with Gasteiger partial charge in [-0.05, 0) is 12.1 Å². The third-order valence-corrected chi connectivity index (χ3v) is 2.13. The molecule has 9 heteroatoms. The van der Waals surface area contributed by atoms with E-state index < -0.39 is 10.1 Å². The summed E-state index contributed by atoms with van der Waals surface area (Å²) in [6, 6.07) is 7.83. The summed E-state index contributed by atoms with van der Waals surface area (Å²) in [6.45, 7) is 0.907. The molecule has 0 aliphatic carbocycles. The van der Waals surface area contributed by atoms with E-state index in [2.05, 4.69) is 9.97 Å². The molecule has 1 aromatic heterocycles. The molecule has 2 aromatic rings. The normalized spacial score (nSPS) is 10.8. The van der Waals surface area contributed by atoms with Gasteiger partial charge in [-0.15, -0.1) is 0 Å². The predicted molar refractivity (Wildman–Crippen MR) is 78.8 cm³/mol. The number of methoxy groups -OCH3 is 1. The standard InChI is InChI=1S/C11H13N3O2.CH4O3S/c1-15-6-7-16-11-13-9-5-3-2-4-8(9)10(12)14-11;1-5(2,3)4/h2-5H,6-7H2,1H3,(H2,12,13,14);1H3,(H,2,3,4). The molecule has 1 heterocycles. The number of para-hydroxylation sites is 1. The molecule has 0 spiro atoms. The summed E-state index contributed by atoms with van der Waals surface area (Å²) in [5, 5.41) is 0.835. The van der Waals surface area contributed by atoms with Gasteiger partial charge in [-0.25, -0.2) is 0 Å². The number of anilines is 1. The van der Waals surface area contributed by atoms with Crippen LogP contribution in [-0.4, -0.2) is 49.5 Å². The van der Waals surface area contributed by atoms with E-state index in [0.717, 1.165) is 10.9 Å². The lowest BCUT2D eigenvalue weighted by molar-refractivity contribution is 0.141. The van der Waals surface area contributed by atoms with Gasteiger partial charge in [-0.2, -0.15) is 18.4 Å². The lowest BCUT2D eigenvalue weighted by atomic mass is 10.2. The van der Waals surface area contributed by atoms with Crippen LogP contribution in [0.2, 0.25) is 0 Å². The van der Waals surface area contributed by atoms with Crippen molar-refractivity contribution < 1.29 is 22.4 Å². The highest BCUT2D eigenvalue weighted by Gasteiger charge is 2.04. The Bertz CT molecular complexity index is 682. The Labute approximate surface area is 122 Å². The van der Waals surface area contributed by atoms with Crippen LogP contribution in [-0.2, 0) is 14.9 Å². The van der Waals surface area contributed by atoms with E-state index in [9.17, 15) is 8.42 Å². The fraction of sp³-hybridized carbons (Fsp3) is 0.333. The van der Waals surface area contributed by atoms with Crippen molar-refractivity contribution in [2.75, 3.05) is 32.3 Å². The zero-order chi connectivity index (χ0) is 15.9. The zero-order valence-corrected chi connectivity index (χ0v) is 12.5. The summed E-state index contributed by atoms with van der Waals surface area (Å²) in [5.74, 6) is 0.429. The molecule has 0 amide bonds. The minimum Gasteiger partial charge on any atom is -0.461 e. The Balaban J connectivity index is 0.000000383. The summed E-state index contributed by atoms with van der Waals surface area (Å²) in [6.07, 6.45) is 0.715. The SMILES string of the molecule is COCCOc1nc(N)c2ccccc2n1.CS(=O)(=O)O. The van der Waals surface area contributed by atoms with Gasteiger partial charge in [0.1, 0.15) is 12.4 Å². The molecule has 1 aromatic carbocycles. The first-order chi connectivity index (χ1) is 9.81. The van der Waals surface area contributed by atoms with Gasteiger partial charge in [0.25, 0.3) is 10.1 Å². The van der Waals surface area contributed by atoms with Crippen molar-refractivity contribution in [3.63, 3.8) is 0 Å². The Morgan fingerprint density at radius 2 is 1.86 bits per heavy atom. The van der Waals surface area contributed by atoms with Gasteiger partial charge in [-0.3, -0.25) is 4.55 Å². The Morgan fingerprint density at radius 1 is 1.24 bits per heavy atom. The van der Waals surface area contributed by atoms with Crippen LogP contribution in [0.1, 0.15) is 0 Å². The van der Waals surface area contributed by atoms with Gasteiger partial charge in [0, 0.05) is 12.5 Å².